The molecule has 37 heavy (non-hydrogen) atoms. The molecule has 0 aromatic heterocycles. The Labute approximate surface area is 231 Å². The normalized spacial score (nSPS) is 37.8. The summed E-state index contributed by atoms with van der Waals surface area (Å²) in [7, 11) is -1.77. The first-order chi connectivity index (χ1) is 17.2. The Kier molecular flexibility index (Phi) is 7.17. The third kappa shape index (κ3) is 4.83. The number of benzene rings is 1. The van der Waals surface area contributed by atoms with E-state index in [4.69, 9.17) is 4.43 Å². The van der Waals surface area contributed by atoms with Gasteiger partial charge in [-0.2, -0.15) is 0 Å². The van der Waals surface area contributed by atoms with E-state index in [1.54, 1.807) is 17.7 Å². The van der Waals surface area contributed by atoms with Crippen LogP contribution < -0.4 is 4.46 Å². The van der Waals surface area contributed by atoms with Gasteiger partial charge in [-0.15, -0.1) is 0 Å². The van der Waals surface area contributed by atoms with Crippen molar-refractivity contribution in [2.24, 2.45) is 28.6 Å². The summed E-state index contributed by atoms with van der Waals surface area (Å²) in [6.07, 6.45) is 13.6. The molecule has 4 aliphatic carbocycles. The molecular formula is C31H47NO3SeSi. The summed E-state index contributed by atoms with van der Waals surface area (Å²) in [4.78, 5) is 11.3. The molecule has 3 fully saturated rings. The van der Waals surface area contributed by atoms with Crippen LogP contribution in [0.5, 0.6) is 0 Å². The fourth-order valence-corrected chi connectivity index (χ4v) is 12.1. The van der Waals surface area contributed by atoms with Gasteiger partial charge in [0.25, 0.3) is 0 Å². The van der Waals surface area contributed by atoms with Crippen molar-refractivity contribution in [1.82, 2.24) is 0 Å². The first kappa shape index (κ1) is 27.6. The third-order valence-electron chi connectivity index (χ3n) is 11.6. The summed E-state index contributed by atoms with van der Waals surface area (Å²) in [6, 6.07) is 7.30. The molecular weight excluding hydrogens is 541 g/mol. The summed E-state index contributed by atoms with van der Waals surface area (Å²) >= 11 is 0.338. The van der Waals surface area contributed by atoms with Gasteiger partial charge in [0.15, 0.2) is 0 Å². The zero-order valence-electron chi connectivity index (χ0n) is 24.0. The fraction of sp³-hybridized carbons (Fsp3) is 0.742. The van der Waals surface area contributed by atoms with Gasteiger partial charge in [0, 0.05) is 0 Å². The van der Waals surface area contributed by atoms with Crippen molar-refractivity contribution in [3.05, 3.63) is 46.0 Å². The van der Waals surface area contributed by atoms with Crippen molar-refractivity contribution < 1.29 is 9.35 Å². The van der Waals surface area contributed by atoms with Crippen LogP contribution in [0.4, 0.5) is 5.69 Å². The summed E-state index contributed by atoms with van der Waals surface area (Å²) in [5.74, 6) is 2.50. The van der Waals surface area contributed by atoms with Crippen LogP contribution in [-0.4, -0.2) is 34.3 Å². The van der Waals surface area contributed by atoms with Crippen molar-refractivity contribution in [3.63, 3.8) is 0 Å². The Bertz CT molecular complexity index is 1060. The maximum atomic E-state index is 11.0. The van der Waals surface area contributed by atoms with Crippen LogP contribution in [0, 0.1) is 38.7 Å². The quantitative estimate of drug-likeness (QED) is 0.151. The van der Waals surface area contributed by atoms with Crippen LogP contribution in [0.1, 0.15) is 86.0 Å². The predicted octanol–water partition coefficient (Wildman–Crippen LogP) is 8.07. The predicted molar refractivity (Wildman–Crippen MR) is 156 cm³/mol. The van der Waals surface area contributed by atoms with Gasteiger partial charge in [0.2, 0.25) is 0 Å². The number of rotatable bonds is 5. The average molecular weight is 589 g/mol. The van der Waals surface area contributed by atoms with Gasteiger partial charge in [-0.25, -0.2) is 0 Å². The summed E-state index contributed by atoms with van der Waals surface area (Å²) in [5, 5.41) is 11.3. The Morgan fingerprint density at radius 1 is 1.00 bits per heavy atom. The van der Waals surface area contributed by atoms with Crippen molar-refractivity contribution in [1.29, 1.82) is 0 Å². The molecule has 4 nitrogen and oxygen atoms in total. The number of allylic oxidation sites excluding steroid dienone is 2. The van der Waals surface area contributed by atoms with Crippen LogP contribution in [0.3, 0.4) is 0 Å². The number of non-ortho nitro benzene ring substituents is 1. The third-order valence-corrected chi connectivity index (χ3v) is 18.6. The minimum atomic E-state index is -1.77. The van der Waals surface area contributed by atoms with E-state index in [0.29, 0.717) is 36.7 Å². The van der Waals surface area contributed by atoms with Gasteiger partial charge in [-0.3, -0.25) is 0 Å². The van der Waals surface area contributed by atoms with Crippen LogP contribution in [0.15, 0.2) is 35.9 Å². The molecule has 3 saturated carbocycles. The van der Waals surface area contributed by atoms with E-state index in [2.05, 4.69) is 53.8 Å². The SMILES string of the molecule is CC12CC[C@@H]([Se]c3ccc([N+](=O)[O-])cc3)C=C1CCC1C2CCC2(C)C(O[Si](C)(C)C(C)(C)C)CCC12. The molecule has 1 aromatic rings. The van der Waals surface area contributed by atoms with E-state index in [0.717, 1.165) is 17.8 Å². The van der Waals surface area contributed by atoms with E-state index in [9.17, 15) is 10.1 Å². The van der Waals surface area contributed by atoms with Gasteiger partial charge in [0.1, 0.15) is 0 Å². The Morgan fingerprint density at radius 3 is 2.35 bits per heavy atom. The molecule has 0 amide bonds. The molecule has 0 heterocycles. The molecule has 0 aliphatic heterocycles. The van der Waals surface area contributed by atoms with Gasteiger partial charge in [-0.1, -0.05) is 20.8 Å². The van der Waals surface area contributed by atoms with Gasteiger partial charge < -0.3 is 0 Å². The zero-order chi connectivity index (χ0) is 26.8. The minimum absolute atomic E-state index is 0.195. The van der Waals surface area contributed by atoms with E-state index < -0.39 is 8.32 Å². The molecule has 204 valence electrons. The van der Waals surface area contributed by atoms with Gasteiger partial charge >= 0.3 is 212 Å². The Balaban J connectivity index is 1.30. The Hall–Kier alpha value is -0.944. The fourth-order valence-electron chi connectivity index (χ4n) is 8.29. The molecule has 1 aromatic carbocycles. The molecule has 0 spiro atoms. The van der Waals surface area contributed by atoms with E-state index in [-0.39, 0.29) is 15.6 Å². The molecule has 0 N–H and O–H groups in total. The van der Waals surface area contributed by atoms with E-state index in [1.807, 2.05) is 12.1 Å². The number of hydrogen-bond acceptors (Lipinski definition) is 3. The number of nitro benzene ring substituents is 1. The van der Waals surface area contributed by atoms with E-state index in [1.165, 1.54) is 55.8 Å². The van der Waals surface area contributed by atoms with Crippen LogP contribution >= 0.6 is 0 Å². The number of fused-ring (bicyclic) bond motifs is 5. The number of nitrogens with zero attached hydrogens (tertiary/aromatic N) is 1. The second-order valence-corrected chi connectivity index (χ2v) is 22.0. The molecule has 0 saturated heterocycles. The van der Waals surface area contributed by atoms with Gasteiger partial charge in [0.05, 0.1) is 0 Å². The van der Waals surface area contributed by atoms with Crippen LogP contribution in [-0.2, 0) is 4.43 Å². The standard InChI is InChI=1S/C31H47NO3SeSi/c1-29(2,3)37(6,7)35-28-15-14-26-25-13-8-21-20-24(36-23-11-9-22(10-12-23)32(33)34)16-18-30(21,4)27(25)17-19-31(26,28)5/h9-12,20,24-28H,8,13-19H2,1-7H3/t24-,25?,26?,27?,28?,30?,31?/m1/s1. The van der Waals surface area contributed by atoms with Crippen molar-refractivity contribution in [2.75, 3.05) is 0 Å². The summed E-state index contributed by atoms with van der Waals surface area (Å²) in [6.45, 7) is 17.2. The molecule has 0 radical (unpaired) electrons. The molecule has 4 aliphatic rings. The molecule has 6 heteroatoms. The second kappa shape index (κ2) is 9.61. The molecule has 0 bridgehead atoms. The first-order valence-electron chi connectivity index (χ1n) is 14.5. The van der Waals surface area contributed by atoms with Crippen molar-refractivity contribution >= 4 is 33.4 Å². The first-order valence-corrected chi connectivity index (χ1v) is 19.3. The molecule has 5 rings (SSSR count). The number of nitro groups is 1. The molecule has 7 atom stereocenters. The topological polar surface area (TPSA) is 52.4 Å². The van der Waals surface area contributed by atoms with Crippen molar-refractivity contribution in [3.8, 4) is 0 Å². The van der Waals surface area contributed by atoms with Gasteiger partial charge in [-0.05, 0) is 0 Å². The zero-order valence-corrected chi connectivity index (χ0v) is 26.7. The molecule has 6 unspecified atom stereocenters. The van der Waals surface area contributed by atoms with Crippen molar-refractivity contribution in [2.45, 2.75) is 115 Å². The average Bonchev–Trinajstić information content (AvgIpc) is 3.14. The summed E-state index contributed by atoms with van der Waals surface area (Å²) < 4.78 is 8.41. The number of hydrogen-bond donors (Lipinski definition) is 0. The monoisotopic (exact) mass is 589 g/mol. The van der Waals surface area contributed by atoms with E-state index >= 15 is 0 Å². The summed E-state index contributed by atoms with van der Waals surface area (Å²) in [5.41, 5.74) is 2.65. The Morgan fingerprint density at radius 2 is 1.70 bits per heavy atom. The maximum absolute atomic E-state index is 11.0. The van der Waals surface area contributed by atoms with Crippen LogP contribution in [0.2, 0.25) is 22.9 Å². The van der Waals surface area contributed by atoms with Crippen LogP contribution in [0.25, 0.3) is 0 Å². The second-order valence-electron chi connectivity index (χ2n) is 14.5.